The number of hydrogen-bond donors (Lipinski definition) is 2. The minimum absolute atomic E-state index is 0.00650. The highest BCUT2D eigenvalue weighted by atomic mass is 16.2. The number of nitrogens with zero attached hydrogens (tertiary/aromatic N) is 8. The van der Waals surface area contributed by atoms with Crippen LogP contribution in [0, 0.1) is 12.8 Å². The summed E-state index contributed by atoms with van der Waals surface area (Å²) in [6.45, 7) is 9.49. The Morgan fingerprint density at radius 2 is 1.62 bits per heavy atom. The van der Waals surface area contributed by atoms with Crippen LogP contribution >= 0.6 is 0 Å². The highest BCUT2D eigenvalue weighted by molar-refractivity contribution is 6.25. The highest BCUT2D eigenvalue weighted by Gasteiger charge is 2.46. The number of imide groups is 2. The predicted molar refractivity (Wildman–Crippen MR) is 225 cm³/mol. The van der Waals surface area contributed by atoms with Gasteiger partial charge in [0.15, 0.2) is 5.78 Å². The van der Waals surface area contributed by atoms with E-state index in [9.17, 15) is 28.8 Å². The molecule has 2 N–H and O–H groups in total. The van der Waals surface area contributed by atoms with Gasteiger partial charge in [-0.2, -0.15) is 4.98 Å². The fourth-order valence-corrected chi connectivity index (χ4v) is 9.89. The molecule has 9 rings (SSSR count). The lowest BCUT2D eigenvalue weighted by Gasteiger charge is -2.38. The van der Waals surface area contributed by atoms with Crippen molar-refractivity contribution in [3.8, 4) is 0 Å². The van der Waals surface area contributed by atoms with Crippen LogP contribution in [0.2, 0.25) is 0 Å². The van der Waals surface area contributed by atoms with E-state index in [0.717, 1.165) is 107 Å². The monoisotopic (exact) mass is 814 g/mol. The number of nitrogens with one attached hydrogen (secondary N) is 2. The molecule has 7 heterocycles. The van der Waals surface area contributed by atoms with E-state index >= 15 is 0 Å². The van der Waals surface area contributed by atoms with Gasteiger partial charge in [-0.1, -0.05) is 18.9 Å². The maximum atomic E-state index is 13.6. The Morgan fingerprint density at radius 1 is 0.850 bits per heavy atom. The van der Waals surface area contributed by atoms with Crippen LogP contribution in [0.5, 0.6) is 0 Å². The van der Waals surface area contributed by atoms with Gasteiger partial charge in [-0.15, -0.1) is 0 Å². The molecule has 1 unspecified atom stereocenters. The van der Waals surface area contributed by atoms with Crippen LogP contribution in [0.4, 0.5) is 23.1 Å². The number of carbonyl (C=O) groups is 5. The standard InChI is InChI=1S/C44H50N10O6/c1-26-32-25-46-44(49-39(32)53(29-6-3-4-7-29)42(59)37(26)27(2)55)47-35-12-10-30(24-45-35)51-22-20-50(21-23-51)17-14-28-15-18-52(19-16-28)33-9-5-8-31-38(33)43(60)54(41(31)58)34-11-13-36(56)48-40(34)57/h5,8-10,12,24-25,28-29,34H,3-4,6-7,11,13-23H2,1-2H3,(H,48,56,57)(H,45,46,47,49). The van der Waals surface area contributed by atoms with Gasteiger partial charge in [-0.05, 0) is 94.7 Å². The number of pyridine rings is 2. The predicted octanol–water partition coefficient (Wildman–Crippen LogP) is 4.39. The molecule has 16 nitrogen and oxygen atoms in total. The van der Waals surface area contributed by atoms with Crippen LogP contribution in [-0.2, 0) is 9.59 Å². The molecule has 1 aliphatic carbocycles. The van der Waals surface area contributed by atoms with Crippen LogP contribution in [0.15, 0.2) is 47.5 Å². The van der Waals surface area contributed by atoms with Gasteiger partial charge in [0.05, 0.1) is 34.3 Å². The summed E-state index contributed by atoms with van der Waals surface area (Å²) in [5.74, 6) is -0.679. The molecule has 4 amide bonds. The summed E-state index contributed by atoms with van der Waals surface area (Å²) >= 11 is 0. The molecule has 4 aromatic rings. The number of aryl methyl sites for hydroxylation is 1. The van der Waals surface area contributed by atoms with Crippen molar-refractivity contribution < 1.29 is 24.0 Å². The molecule has 60 heavy (non-hydrogen) atoms. The molecule has 312 valence electrons. The normalized spacial score (nSPS) is 20.6. The Bertz CT molecular complexity index is 2450. The number of rotatable bonds is 10. The summed E-state index contributed by atoms with van der Waals surface area (Å²) < 4.78 is 1.71. The van der Waals surface area contributed by atoms with E-state index in [2.05, 4.69) is 41.4 Å². The van der Waals surface area contributed by atoms with Crippen LogP contribution < -0.4 is 26.0 Å². The maximum absolute atomic E-state index is 13.6. The van der Waals surface area contributed by atoms with E-state index in [-0.39, 0.29) is 41.7 Å². The number of piperazine rings is 1. The first-order valence-electron chi connectivity index (χ1n) is 21.3. The van der Waals surface area contributed by atoms with Crippen molar-refractivity contribution >= 4 is 63.6 Å². The minimum Gasteiger partial charge on any atom is -0.371 e. The smallest absolute Gasteiger partial charge is 0.264 e. The molecule has 16 heteroatoms. The summed E-state index contributed by atoms with van der Waals surface area (Å²) in [6, 6.07) is 8.33. The van der Waals surface area contributed by atoms with Gasteiger partial charge in [-0.25, -0.2) is 9.97 Å². The number of aromatic nitrogens is 4. The van der Waals surface area contributed by atoms with E-state index in [1.807, 2.05) is 18.3 Å². The molecule has 0 radical (unpaired) electrons. The quantitative estimate of drug-likeness (QED) is 0.170. The molecule has 1 aromatic carbocycles. The zero-order valence-corrected chi connectivity index (χ0v) is 34.1. The van der Waals surface area contributed by atoms with Gasteiger partial charge in [0.1, 0.15) is 17.5 Å². The molecule has 5 aliphatic rings. The number of Topliss-reactive ketones (excluding diaryl/α,β-unsaturated/α-hetero) is 1. The summed E-state index contributed by atoms with van der Waals surface area (Å²) in [5.41, 5.74) is 3.55. The lowest BCUT2D eigenvalue weighted by atomic mass is 9.92. The number of anilines is 4. The average molecular weight is 815 g/mol. The first-order chi connectivity index (χ1) is 29.0. The second-order valence-electron chi connectivity index (χ2n) is 16.8. The lowest BCUT2D eigenvalue weighted by molar-refractivity contribution is -0.136. The molecule has 0 bridgehead atoms. The second-order valence-corrected chi connectivity index (χ2v) is 16.8. The van der Waals surface area contributed by atoms with E-state index in [1.165, 1.54) is 6.92 Å². The number of benzene rings is 1. The van der Waals surface area contributed by atoms with E-state index in [4.69, 9.17) is 4.98 Å². The van der Waals surface area contributed by atoms with Crippen LogP contribution in [0.1, 0.15) is 107 Å². The van der Waals surface area contributed by atoms with Crippen molar-refractivity contribution in [2.24, 2.45) is 5.92 Å². The Hall–Kier alpha value is -6.03. The maximum Gasteiger partial charge on any atom is 0.264 e. The zero-order chi connectivity index (χ0) is 41.7. The Labute approximate surface area is 347 Å². The van der Waals surface area contributed by atoms with Gasteiger partial charge in [0.2, 0.25) is 17.8 Å². The van der Waals surface area contributed by atoms with Crippen molar-refractivity contribution in [2.45, 2.75) is 83.7 Å². The molecule has 3 saturated heterocycles. The van der Waals surface area contributed by atoms with E-state index in [0.29, 0.717) is 45.4 Å². The summed E-state index contributed by atoms with van der Waals surface area (Å²) in [5, 5.41) is 6.19. The summed E-state index contributed by atoms with van der Waals surface area (Å²) in [4.78, 5) is 99.4. The fraction of sp³-hybridized carbons (Fsp3) is 0.477. The number of fused-ring (bicyclic) bond motifs is 2. The van der Waals surface area contributed by atoms with Crippen LogP contribution in [0.25, 0.3) is 11.0 Å². The molecule has 1 saturated carbocycles. The molecule has 1 atom stereocenters. The SMILES string of the molecule is CC(=O)c1c(C)c2cnc(Nc3ccc(N4CCN(CCC5CCN(c6cccc7c6C(=O)N(C6CCC(=O)NC6=O)C7=O)CC5)CC4)cn3)nc2n(C2CCCC2)c1=O. The third-order valence-corrected chi connectivity index (χ3v) is 13.2. The number of ketones is 1. The third kappa shape index (κ3) is 7.30. The number of carbonyl (C=O) groups excluding carboxylic acids is 5. The first-order valence-corrected chi connectivity index (χ1v) is 21.3. The summed E-state index contributed by atoms with van der Waals surface area (Å²) in [7, 11) is 0. The van der Waals surface area contributed by atoms with Gasteiger partial charge >= 0.3 is 0 Å². The van der Waals surface area contributed by atoms with Gasteiger partial charge in [0, 0.05) is 63.3 Å². The van der Waals surface area contributed by atoms with E-state index in [1.54, 1.807) is 29.8 Å². The number of piperidine rings is 2. The van der Waals surface area contributed by atoms with E-state index < -0.39 is 23.8 Å². The lowest BCUT2D eigenvalue weighted by Crippen LogP contribution is -2.54. The van der Waals surface area contributed by atoms with Crippen LogP contribution in [0.3, 0.4) is 0 Å². The van der Waals surface area contributed by atoms with Crippen LogP contribution in [-0.4, -0.2) is 111 Å². The molecular weight excluding hydrogens is 765 g/mol. The van der Waals surface area contributed by atoms with Crippen molar-refractivity contribution in [3.63, 3.8) is 0 Å². The molecule has 4 fully saturated rings. The van der Waals surface area contributed by atoms with Crippen molar-refractivity contribution in [3.05, 3.63) is 75.3 Å². The number of hydrogen-bond acceptors (Lipinski definition) is 13. The number of amides is 4. The Morgan fingerprint density at radius 3 is 2.32 bits per heavy atom. The first kappa shape index (κ1) is 39.4. The third-order valence-electron chi connectivity index (χ3n) is 13.2. The summed E-state index contributed by atoms with van der Waals surface area (Å²) in [6.07, 6.45) is 10.7. The molecule has 0 spiro atoms. The minimum atomic E-state index is -0.978. The second kappa shape index (κ2) is 16.2. The Kier molecular flexibility index (Phi) is 10.6. The van der Waals surface area contributed by atoms with Gasteiger partial charge in [-0.3, -0.25) is 48.5 Å². The molecule has 3 aromatic heterocycles. The van der Waals surface area contributed by atoms with Gasteiger partial charge < -0.3 is 15.1 Å². The van der Waals surface area contributed by atoms with Crippen molar-refractivity contribution in [1.82, 2.24) is 34.6 Å². The largest absolute Gasteiger partial charge is 0.371 e. The van der Waals surface area contributed by atoms with Crippen molar-refractivity contribution in [2.75, 3.05) is 60.9 Å². The zero-order valence-electron chi connectivity index (χ0n) is 34.1. The van der Waals surface area contributed by atoms with Gasteiger partial charge in [0.25, 0.3) is 17.4 Å². The highest BCUT2D eigenvalue weighted by Crippen LogP contribution is 2.37. The Balaban J connectivity index is 0.766. The molecular formula is C44H50N10O6. The topological polar surface area (TPSA) is 183 Å². The molecule has 4 aliphatic heterocycles. The average Bonchev–Trinajstić information content (AvgIpc) is 3.87. The van der Waals surface area contributed by atoms with Crippen molar-refractivity contribution in [1.29, 1.82) is 0 Å². The fourth-order valence-electron chi connectivity index (χ4n) is 9.89.